The average Bonchev–Trinajstić information content (AvgIpc) is 2.86. The van der Waals surface area contributed by atoms with Crippen molar-refractivity contribution in [3.8, 4) is 11.5 Å². The van der Waals surface area contributed by atoms with Gasteiger partial charge in [0.1, 0.15) is 5.82 Å². The number of nitrogens with one attached hydrogen (secondary N) is 1. The number of ether oxygens (including phenoxy) is 2. The van der Waals surface area contributed by atoms with Gasteiger partial charge in [0.05, 0.1) is 10.7 Å². The maximum absolute atomic E-state index is 13.1. The van der Waals surface area contributed by atoms with E-state index in [1.54, 1.807) is 19.1 Å². The Kier molecular flexibility index (Phi) is 3.43. The molecule has 4 nitrogen and oxygen atoms in total. The SMILES string of the molecule is Cc1cc(F)ccc1C(=O)Nc1cc2c(cc1Cl)OCO2. The van der Waals surface area contributed by atoms with E-state index in [0.717, 1.165) is 0 Å². The fraction of sp³-hybridized carbons (Fsp3) is 0.133. The highest BCUT2D eigenvalue weighted by Gasteiger charge is 2.18. The summed E-state index contributed by atoms with van der Waals surface area (Å²) in [5.41, 5.74) is 1.34. The first-order valence-corrected chi connectivity index (χ1v) is 6.59. The Morgan fingerprint density at radius 2 is 1.95 bits per heavy atom. The number of amides is 1. The molecular weight excluding hydrogens is 297 g/mol. The van der Waals surface area contributed by atoms with Crippen LogP contribution in [0.25, 0.3) is 0 Å². The zero-order chi connectivity index (χ0) is 15.0. The Morgan fingerprint density at radius 3 is 2.67 bits per heavy atom. The van der Waals surface area contributed by atoms with Gasteiger partial charge in [-0.25, -0.2) is 4.39 Å². The Bertz CT molecular complexity index is 733. The molecule has 2 aromatic rings. The third-order valence-corrected chi connectivity index (χ3v) is 3.46. The van der Waals surface area contributed by atoms with Crippen LogP contribution in [0.1, 0.15) is 15.9 Å². The van der Waals surface area contributed by atoms with E-state index >= 15 is 0 Å². The molecule has 3 rings (SSSR count). The van der Waals surface area contributed by atoms with Crippen LogP contribution in [0.15, 0.2) is 30.3 Å². The van der Waals surface area contributed by atoms with Gasteiger partial charge < -0.3 is 14.8 Å². The second-order valence-corrected chi connectivity index (χ2v) is 5.01. The van der Waals surface area contributed by atoms with Crippen LogP contribution in [0.3, 0.4) is 0 Å². The highest BCUT2D eigenvalue weighted by Crippen LogP contribution is 2.39. The van der Waals surface area contributed by atoms with E-state index in [-0.39, 0.29) is 18.5 Å². The van der Waals surface area contributed by atoms with Gasteiger partial charge in [-0.05, 0) is 30.7 Å². The van der Waals surface area contributed by atoms with Crippen LogP contribution in [0.5, 0.6) is 11.5 Å². The van der Waals surface area contributed by atoms with Crippen molar-refractivity contribution in [2.24, 2.45) is 0 Å². The number of hydrogen-bond donors (Lipinski definition) is 1. The van der Waals surface area contributed by atoms with Gasteiger partial charge in [-0.1, -0.05) is 11.6 Å². The van der Waals surface area contributed by atoms with Crippen molar-refractivity contribution in [3.05, 3.63) is 52.3 Å². The summed E-state index contributed by atoms with van der Waals surface area (Å²) in [7, 11) is 0. The standard InChI is InChI=1S/C15H11ClFNO3/c1-8-4-9(17)2-3-10(8)15(19)18-12-6-14-13(5-11(12)16)20-7-21-14/h2-6H,7H2,1H3,(H,18,19). The molecule has 0 aliphatic carbocycles. The summed E-state index contributed by atoms with van der Waals surface area (Å²) in [5, 5.41) is 3.03. The molecule has 0 spiro atoms. The Morgan fingerprint density at radius 1 is 1.24 bits per heavy atom. The average molecular weight is 308 g/mol. The molecular formula is C15H11ClFNO3. The Labute approximate surface area is 125 Å². The minimum Gasteiger partial charge on any atom is -0.454 e. The van der Waals surface area contributed by atoms with Crippen molar-refractivity contribution in [1.29, 1.82) is 0 Å². The maximum atomic E-state index is 13.1. The zero-order valence-electron chi connectivity index (χ0n) is 11.1. The van der Waals surface area contributed by atoms with Crippen molar-refractivity contribution in [1.82, 2.24) is 0 Å². The fourth-order valence-electron chi connectivity index (χ4n) is 2.08. The molecule has 1 aliphatic rings. The van der Waals surface area contributed by atoms with Gasteiger partial charge in [0.25, 0.3) is 5.91 Å². The molecule has 0 bridgehead atoms. The molecule has 108 valence electrons. The molecule has 1 heterocycles. The number of halogens is 2. The monoisotopic (exact) mass is 307 g/mol. The molecule has 0 fully saturated rings. The molecule has 0 saturated heterocycles. The molecule has 6 heteroatoms. The third-order valence-electron chi connectivity index (χ3n) is 3.14. The number of carbonyl (C=O) groups is 1. The first-order valence-electron chi connectivity index (χ1n) is 6.21. The van der Waals surface area contributed by atoms with Gasteiger partial charge in [0.2, 0.25) is 6.79 Å². The van der Waals surface area contributed by atoms with Gasteiger partial charge in [-0.2, -0.15) is 0 Å². The first kappa shape index (κ1) is 13.7. The maximum Gasteiger partial charge on any atom is 0.255 e. The van der Waals surface area contributed by atoms with E-state index in [9.17, 15) is 9.18 Å². The van der Waals surface area contributed by atoms with Gasteiger partial charge in [-0.3, -0.25) is 4.79 Å². The molecule has 1 aliphatic heterocycles. The van der Waals surface area contributed by atoms with Crippen LogP contribution >= 0.6 is 11.6 Å². The lowest BCUT2D eigenvalue weighted by Gasteiger charge is -2.10. The molecule has 0 aromatic heterocycles. The van der Waals surface area contributed by atoms with Gasteiger partial charge in [0, 0.05) is 17.7 Å². The van der Waals surface area contributed by atoms with Crippen LogP contribution in [-0.2, 0) is 0 Å². The Hall–Kier alpha value is -2.27. The van der Waals surface area contributed by atoms with E-state index in [1.807, 2.05) is 0 Å². The van der Waals surface area contributed by atoms with E-state index in [4.69, 9.17) is 21.1 Å². The molecule has 1 amide bonds. The highest BCUT2D eigenvalue weighted by atomic mass is 35.5. The van der Waals surface area contributed by atoms with Crippen molar-refractivity contribution in [3.63, 3.8) is 0 Å². The molecule has 1 N–H and O–H groups in total. The van der Waals surface area contributed by atoms with Crippen LogP contribution in [-0.4, -0.2) is 12.7 Å². The summed E-state index contributed by atoms with van der Waals surface area (Å²) in [4.78, 5) is 12.2. The number of fused-ring (bicyclic) bond motifs is 1. The lowest BCUT2D eigenvalue weighted by atomic mass is 10.1. The van der Waals surface area contributed by atoms with Gasteiger partial charge >= 0.3 is 0 Å². The topological polar surface area (TPSA) is 47.6 Å². The second kappa shape index (κ2) is 5.26. The van der Waals surface area contributed by atoms with Gasteiger partial charge in [-0.15, -0.1) is 0 Å². The van der Waals surface area contributed by atoms with Gasteiger partial charge in [0.15, 0.2) is 11.5 Å². The molecule has 0 saturated carbocycles. The quantitative estimate of drug-likeness (QED) is 0.918. The van der Waals surface area contributed by atoms with Crippen molar-refractivity contribution >= 4 is 23.2 Å². The van der Waals surface area contributed by atoms with E-state index in [1.165, 1.54) is 18.2 Å². The van der Waals surface area contributed by atoms with Crippen LogP contribution in [0, 0.1) is 12.7 Å². The second-order valence-electron chi connectivity index (χ2n) is 4.60. The van der Waals surface area contributed by atoms with Crippen LogP contribution in [0.2, 0.25) is 5.02 Å². The number of benzene rings is 2. The predicted molar refractivity (Wildman–Crippen MR) is 76.7 cm³/mol. The number of rotatable bonds is 2. The Balaban J connectivity index is 1.88. The summed E-state index contributed by atoms with van der Waals surface area (Å²) >= 11 is 6.09. The summed E-state index contributed by atoms with van der Waals surface area (Å²) < 4.78 is 23.5. The number of aryl methyl sites for hydroxylation is 1. The predicted octanol–water partition coefficient (Wildman–Crippen LogP) is 3.77. The van der Waals surface area contributed by atoms with Crippen LogP contribution < -0.4 is 14.8 Å². The van der Waals surface area contributed by atoms with Crippen LogP contribution in [0.4, 0.5) is 10.1 Å². The van der Waals surface area contributed by atoms with E-state index < -0.39 is 0 Å². The summed E-state index contributed by atoms with van der Waals surface area (Å²) in [5.74, 6) is 0.305. The molecule has 2 aromatic carbocycles. The van der Waals surface area contributed by atoms with Crippen molar-refractivity contribution in [2.75, 3.05) is 12.1 Å². The summed E-state index contributed by atoms with van der Waals surface area (Å²) in [6.45, 7) is 1.79. The molecule has 0 atom stereocenters. The smallest absolute Gasteiger partial charge is 0.255 e. The minimum absolute atomic E-state index is 0.125. The molecule has 0 radical (unpaired) electrons. The van der Waals surface area contributed by atoms with Crippen molar-refractivity contribution in [2.45, 2.75) is 6.92 Å². The van der Waals surface area contributed by atoms with E-state index in [0.29, 0.717) is 33.3 Å². The number of hydrogen-bond acceptors (Lipinski definition) is 3. The lowest BCUT2D eigenvalue weighted by Crippen LogP contribution is -2.13. The molecule has 21 heavy (non-hydrogen) atoms. The summed E-state index contributed by atoms with van der Waals surface area (Å²) in [6.07, 6.45) is 0. The fourth-order valence-corrected chi connectivity index (χ4v) is 2.29. The normalized spacial score (nSPS) is 12.3. The summed E-state index contributed by atoms with van der Waals surface area (Å²) in [6, 6.07) is 7.15. The first-order chi connectivity index (χ1) is 10.0. The molecule has 0 unspecified atom stereocenters. The largest absolute Gasteiger partial charge is 0.454 e. The number of anilines is 1. The minimum atomic E-state index is -0.384. The highest BCUT2D eigenvalue weighted by molar-refractivity contribution is 6.34. The van der Waals surface area contributed by atoms with Crippen molar-refractivity contribution < 1.29 is 18.7 Å². The van der Waals surface area contributed by atoms with E-state index in [2.05, 4.69) is 5.32 Å². The zero-order valence-corrected chi connectivity index (χ0v) is 11.8. The third kappa shape index (κ3) is 2.64. The lowest BCUT2D eigenvalue weighted by molar-refractivity contribution is 0.102. The number of carbonyl (C=O) groups excluding carboxylic acids is 1.